The number of rotatable bonds is 7. The molecule has 8 nitrogen and oxygen atoms in total. The molecule has 4 heterocycles. The molecule has 178 valence electrons. The number of aromatic nitrogens is 3. The van der Waals surface area contributed by atoms with Crippen LogP contribution < -0.4 is 14.2 Å². The van der Waals surface area contributed by atoms with Crippen LogP contribution in [0.15, 0.2) is 58.1 Å². The highest BCUT2D eigenvalue weighted by atomic mass is 32.2. The molecule has 0 aliphatic carbocycles. The zero-order valence-electron chi connectivity index (χ0n) is 19.3. The predicted molar refractivity (Wildman–Crippen MR) is 138 cm³/mol. The molecule has 0 fully saturated rings. The Balaban J connectivity index is 1.29. The van der Waals surface area contributed by atoms with Gasteiger partial charge in [0, 0.05) is 22.8 Å². The molecule has 0 radical (unpaired) electrons. The second-order valence-electron chi connectivity index (χ2n) is 8.07. The fourth-order valence-corrected chi connectivity index (χ4v) is 5.63. The molecular formula is C25H22N4O4S2. The first-order chi connectivity index (χ1) is 17.1. The number of furan rings is 1. The first kappa shape index (κ1) is 22.0. The Morgan fingerprint density at radius 1 is 1.11 bits per heavy atom. The smallest absolute Gasteiger partial charge is 0.294 e. The number of nitrogens with zero attached hydrogens (tertiary/aromatic N) is 4. The lowest BCUT2D eigenvalue weighted by atomic mass is 10.1. The van der Waals surface area contributed by atoms with Crippen molar-refractivity contribution in [1.82, 2.24) is 14.6 Å². The van der Waals surface area contributed by atoms with Crippen LogP contribution in [0.3, 0.4) is 0 Å². The van der Waals surface area contributed by atoms with Gasteiger partial charge in [0.25, 0.3) is 5.19 Å². The largest absolute Gasteiger partial charge is 0.497 e. The van der Waals surface area contributed by atoms with E-state index in [-0.39, 0.29) is 6.04 Å². The van der Waals surface area contributed by atoms with Crippen LogP contribution in [0, 0.1) is 0 Å². The first-order valence-corrected chi connectivity index (χ1v) is 12.8. The lowest BCUT2D eigenvalue weighted by Crippen LogP contribution is -1.99. The topological polar surface area (TPSA) is 83.4 Å². The van der Waals surface area contributed by atoms with Crippen molar-refractivity contribution in [1.29, 1.82) is 0 Å². The zero-order chi connectivity index (χ0) is 23.9. The third-order valence-electron chi connectivity index (χ3n) is 5.81. The van der Waals surface area contributed by atoms with Gasteiger partial charge in [-0.2, -0.15) is 0 Å². The summed E-state index contributed by atoms with van der Waals surface area (Å²) >= 11 is 3.17. The van der Waals surface area contributed by atoms with E-state index in [1.807, 2.05) is 36.5 Å². The van der Waals surface area contributed by atoms with Gasteiger partial charge in [0.2, 0.25) is 4.96 Å². The number of fused-ring (bicyclic) bond motifs is 2. The number of hydrogen-bond acceptors (Lipinski definition) is 9. The maximum Gasteiger partial charge on any atom is 0.294 e. The number of benzene rings is 2. The van der Waals surface area contributed by atoms with Gasteiger partial charge < -0.3 is 18.6 Å². The molecule has 1 aliphatic rings. The molecule has 6 rings (SSSR count). The summed E-state index contributed by atoms with van der Waals surface area (Å²) in [6.07, 6.45) is 1.83. The van der Waals surface area contributed by atoms with Crippen LogP contribution in [0.25, 0.3) is 27.4 Å². The Bertz CT molecular complexity index is 1540. The second kappa shape index (κ2) is 8.94. The molecule has 1 unspecified atom stereocenters. The molecule has 0 saturated carbocycles. The molecule has 1 aliphatic heterocycles. The van der Waals surface area contributed by atoms with E-state index in [9.17, 15) is 0 Å². The van der Waals surface area contributed by atoms with Gasteiger partial charge in [-0.3, -0.25) is 4.99 Å². The molecule has 10 heteroatoms. The number of imidazole rings is 1. The molecule has 0 bridgehead atoms. The molecule has 0 saturated heterocycles. The summed E-state index contributed by atoms with van der Waals surface area (Å²) < 4.78 is 24.8. The number of hydrogen-bond donors (Lipinski definition) is 0. The van der Waals surface area contributed by atoms with Crippen molar-refractivity contribution in [3.05, 3.63) is 59.8 Å². The number of methoxy groups -OCH3 is 2. The van der Waals surface area contributed by atoms with Gasteiger partial charge >= 0.3 is 0 Å². The highest BCUT2D eigenvalue weighted by molar-refractivity contribution is 8.14. The van der Waals surface area contributed by atoms with E-state index in [1.54, 1.807) is 30.5 Å². The lowest BCUT2D eigenvalue weighted by molar-refractivity contribution is 0.306. The average molecular weight is 507 g/mol. The molecule has 0 spiro atoms. The van der Waals surface area contributed by atoms with Gasteiger partial charge in [0.05, 0.1) is 31.5 Å². The summed E-state index contributed by atoms with van der Waals surface area (Å²) in [6.45, 7) is 2.42. The normalized spacial score (nSPS) is 15.6. The predicted octanol–water partition coefficient (Wildman–Crippen LogP) is 6.01. The lowest BCUT2D eigenvalue weighted by Gasteiger charge is -2.11. The Morgan fingerprint density at radius 2 is 2.03 bits per heavy atom. The Morgan fingerprint density at radius 3 is 2.80 bits per heavy atom. The molecule has 0 amide bonds. The van der Waals surface area contributed by atoms with Crippen LogP contribution in [-0.4, -0.2) is 39.6 Å². The summed E-state index contributed by atoms with van der Waals surface area (Å²) in [5.41, 5.74) is 3.54. The fourth-order valence-electron chi connectivity index (χ4n) is 4.07. The van der Waals surface area contributed by atoms with E-state index < -0.39 is 0 Å². The van der Waals surface area contributed by atoms with Crippen molar-refractivity contribution in [3.63, 3.8) is 0 Å². The third-order valence-corrected chi connectivity index (χ3v) is 7.70. The number of ether oxygens (including phenoxy) is 3. The summed E-state index contributed by atoms with van der Waals surface area (Å²) in [5, 5.41) is 6.98. The van der Waals surface area contributed by atoms with E-state index in [1.165, 1.54) is 16.9 Å². The maximum atomic E-state index is 6.21. The summed E-state index contributed by atoms with van der Waals surface area (Å²) in [5.74, 6) is 3.13. The standard InChI is InChI=1S/C25H22N4O4S2/c1-14-26-21(13-34-14)15-5-4-6-17(7-15)32-12-16-8-18(30-2)9-22-19(16)10-23(33-22)20-11-29-24(27-20)35-25(28-29)31-3/h4-11,21H,12-13H2,1-3H3. The van der Waals surface area contributed by atoms with Crippen molar-refractivity contribution >= 4 is 44.1 Å². The molecule has 5 aromatic rings. The molecular weight excluding hydrogens is 484 g/mol. The van der Waals surface area contributed by atoms with E-state index in [4.69, 9.17) is 23.6 Å². The van der Waals surface area contributed by atoms with Gasteiger partial charge in [0.1, 0.15) is 29.4 Å². The van der Waals surface area contributed by atoms with E-state index in [0.29, 0.717) is 34.6 Å². The van der Waals surface area contributed by atoms with Crippen molar-refractivity contribution in [3.8, 4) is 28.1 Å². The van der Waals surface area contributed by atoms with Gasteiger partial charge in [-0.05, 0) is 48.1 Å². The molecule has 1 atom stereocenters. The zero-order valence-corrected chi connectivity index (χ0v) is 21.0. The summed E-state index contributed by atoms with van der Waals surface area (Å²) in [7, 11) is 3.23. The van der Waals surface area contributed by atoms with Gasteiger partial charge in [-0.1, -0.05) is 12.1 Å². The average Bonchev–Trinajstić information content (AvgIpc) is 3.64. The third kappa shape index (κ3) is 4.23. The van der Waals surface area contributed by atoms with Crippen molar-refractivity contribution in [2.24, 2.45) is 4.99 Å². The molecule has 35 heavy (non-hydrogen) atoms. The van der Waals surface area contributed by atoms with Crippen LogP contribution in [0.1, 0.15) is 24.1 Å². The van der Waals surface area contributed by atoms with Crippen LogP contribution in [0.4, 0.5) is 0 Å². The SMILES string of the molecule is COc1cc(COc2cccc(C3CSC(C)=N3)c2)c2cc(-c3cn4nc(OC)sc4n3)oc2c1. The summed E-state index contributed by atoms with van der Waals surface area (Å²) in [4.78, 5) is 10.1. The van der Waals surface area contributed by atoms with Gasteiger partial charge in [0.15, 0.2) is 5.76 Å². The first-order valence-electron chi connectivity index (χ1n) is 11.0. The number of aliphatic imine (C=N–C) groups is 1. The van der Waals surface area contributed by atoms with Gasteiger partial charge in [-0.15, -0.1) is 16.9 Å². The van der Waals surface area contributed by atoms with Crippen LogP contribution in [-0.2, 0) is 6.61 Å². The van der Waals surface area contributed by atoms with Crippen molar-refractivity contribution < 1.29 is 18.6 Å². The number of thioether (sulfide) groups is 1. The van der Waals surface area contributed by atoms with E-state index in [0.717, 1.165) is 32.5 Å². The second-order valence-corrected chi connectivity index (χ2v) is 10.2. The summed E-state index contributed by atoms with van der Waals surface area (Å²) in [6, 6.07) is 14.2. The minimum absolute atomic E-state index is 0.183. The highest BCUT2D eigenvalue weighted by Gasteiger charge is 2.19. The van der Waals surface area contributed by atoms with Crippen LogP contribution in [0.2, 0.25) is 0 Å². The molecule has 0 N–H and O–H groups in total. The maximum absolute atomic E-state index is 6.21. The Labute approximate surface area is 209 Å². The highest BCUT2D eigenvalue weighted by Crippen LogP contribution is 2.35. The van der Waals surface area contributed by atoms with Gasteiger partial charge in [-0.25, -0.2) is 9.50 Å². The quantitative estimate of drug-likeness (QED) is 0.267. The van der Waals surface area contributed by atoms with Crippen LogP contribution >= 0.6 is 23.1 Å². The molecule has 3 aromatic heterocycles. The minimum atomic E-state index is 0.183. The van der Waals surface area contributed by atoms with E-state index >= 15 is 0 Å². The monoisotopic (exact) mass is 506 g/mol. The fraction of sp³-hybridized carbons (Fsp3) is 0.240. The Kier molecular flexibility index (Phi) is 5.62. The molecule has 2 aromatic carbocycles. The van der Waals surface area contributed by atoms with Crippen LogP contribution in [0.5, 0.6) is 16.7 Å². The minimum Gasteiger partial charge on any atom is -0.497 e. The van der Waals surface area contributed by atoms with E-state index in [2.05, 4.69) is 29.1 Å². The Hall–Kier alpha value is -3.50. The van der Waals surface area contributed by atoms with Crippen molar-refractivity contribution in [2.75, 3.05) is 20.0 Å². The van der Waals surface area contributed by atoms with Crippen molar-refractivity contribution in [2.45, 2.75) is 19.6 Å².